The fourth-order valence-corrected chi connectivity index (χ4v) is 2.60. The van der Waals surface area contributed by atoms with Gasteiger partial charge in [-0.25, -0.2) is 0 Å². The van der Waals surface area contributed by atoms with E-state index in [-0.39, 0.29) is 12.4 Å². The second-order valence-electron chi connectivity index (χ2n) is 5.59. The molecule has 5 nitrogen and oxygen atoms in total. The second kappa shape index (κ2) is 8.84. The van der Waals surface area contributed by atoms with E-state index in [0.29, 0.717) is 0 Å². The van der Waals surface area contributed by atoms with Gasteiger partial charge in [-0.05, 0) is 30.2 Å². The molecule has 0 unspecified atom stereocenters. The number of carbonyl (C=O) groups excluding carboxylic acids is 1. The number of aryl methyl sites for hydroxylation is 1. The van der Waals surface area contributed by atoms with Crippen LogP contribution in [0.5, 0.6) is 0 Å². The fraction of sp³-hybridized carbons (Fsp3) is 0.263. The number of hydrogen-bond donors (Lipinski definition) is 2. The lowest BCUT2D eigenvalue weighted by atomic mass is 10.0. The average Bonchev–Trinajstić information content (AvgIpc) is 2.63. The topological polar surface area (TPSA) is 69.6 Å². The molecule has 126 valence electrons. The molecule has 1 heterocycles. The number of nitrogens with zero attached hydrogens (tertiary/aromatic N) is 1. The monoisotopic (exact) mass is 326 g/mol. The minimum absolute atomic E-state index is 0.131. The molecule has 1 amide bonds. The van der Waals surface area contributed by atoms with Crippen LogP contribution in [0.4, 0.5) is 0 Å². The number of rotatable bonds is 2. The fourth-order valence-electron chi connectivity index (χ4n) is 2.60. The standard InChI is InChI=1S/C18H20N2O.CH2O2/c1-14-2-4-15(5-3-14)16-6-8-17(9-7-16)18(21)20-12-10-19-11-13-20;2-1-3/h2-9,19H,10-13H2,1H3;1H,(H,2,3). The molecule has 1 saturated heterocycles. The molecule has 0 spiro atoms. The van der Waals surface area contributed by atoms with Gasteiger partial charge in [0.2, 0.25) is 0 Å². The summed E-state index contributed by atoms with van der Waals surface area (Å²) in [7, 11) is 0. The number of carboxylic acid groups (broad SMARTS) is 1. The van der Waals surface area contributed by atoms with Crippen LogP contribution in [-0.4, -0.2) is 48.6 Å². The molecule has 2 N–H and O–H groups in total. The lowest BCUT2D eigenvalue weighted by Gasteiger charge is -2.27. The van der Waals surface area contributed by atoms with Crippen molar-refractivity contribution >= 4 is 12.4 Å². The highest BCUT2D eigenvalue weighted by atomic mass is 16.3. The van der Waals surface area contributed by atoms with Gasteiger partial charge >= 0.3 is 0 Å². The lowest BCUT2D eigenvalue weighted by Crippen LogP contribution is -2.46. The van der Waals surface area contributed by atoms with Crippen LogP contribution < -0.4 is 5.32 Å². The average molecular weight is 326 g/mol. The third-order valence-electron chi connectivity index (χ3n) is 3.92. The van der Waals surface area contributed by atoms with Crippen LogP contribution >= 0.6 is 0 Å². The van der Waals surface area contributed by atoms with Crippen molar-refractivity contribution < 1.29 is 14.7 Å². The van der Waals surface area contributed by atoms with E-state index in [2.05, 4.69) is 36.5 Å². The smallest absolute Gasteiger partial charge is 0.290 e. The third-order valence-corrected chi connectivity index (χ3v) is 3.92. The predicted octanol–water partition coefficient (Wildman–Crippen LogP) is 2.41. The predicted molar refractivity (Wildman–Crippen MR) is 94.1 cm³/mol. The Kier molecular flexibility index (Phi) is 6.51. The van der Waals surface area contributed by atoms with Gasteiger partial charge in [0.1, 0.15) is 0 Å². The molecule has 2 aromatic carbocycles. The van der Waals surface area contributed by atoms with Crippen LogP contribution in [0.3, 0.4) is 0 Å². The van der Waals surface area contributed by atoms with Gasteiger partial charge in [-0.3, -0.25) is 9.59 Å². The van der Waals surface area contributed by atoms with E-state index in [9.17, 15) is 4.79 Å². The minimum Gasteiger partial charge on any atom is -0.483 e. The maximum atomic E-state index is 12.4. The van der Waals surface area contributed by atoms with Crippen molar-refractivity contribution in [3.63, 3.8) is 0 Å². The van der Waals surface area contributed by atoms with Crippen LogP contribution in [0.2, 0.25) is 0 Å². The van der Waals surface area contributed by atoms with Gasteiger partial charge in [0.15, 0.2) is 0 Å². The van der Waals surface area contributed by atoms with E-state index in [1.54, 1.807) is 0 Å². The third kappa shape index (κ3) is 4.67. The summed E-state index contributed by atoms with van der Waals surface area (Å²) in [6.07, 6.45) is 0. The number of benzene rings is 2. The highest BCUT2D eigenvalue weighted by Gasteiger charge is 2.17. The zero-order valence-electron chi connectivity index (χ0n) is 13.7. The zero-order chi connectivity index (χ0) is 17.4. The SMILES string of the molecule is Cc1ccc(-c2ccc(C(=O)N3CCNCC3)cc2)cc1.O=CO. The summed E-state index contributed by atoms with van der Waals surface area (Å²) in [6, 6.07) is 16.4. The van der Waals surface area contributed by atoms with Gasteiger partial charge in [-0.15, -0.1) is 0 Å². The van der Waals surface area contributed by atoms with Crippen LogP contribution in [0, 0.1) is 6.92 Å². The second-order valence-corrected chi connectivity index (χ2v) is 5.59. The lowest BCUT2D eigenvalue weighted by molar-refractivity contribution is -0.122. The summed E-state index contributed by atoms with van der Waals surface area (Å²) >= 11 is 0. The summed E-state index contributed by atoms with van der Waals surface area (Å²) < 4.78 is 0. The Bertz CT molecular complexity index is 660. The normalized spacial score (nSPS) is 13.6. The van der Waals surface area contributed by atoms with Crippen molar-refractivity contribution in [1.82, 2.24) is 10.2 Å². The number of amides is 1. The van der Waals surface area contributed by atoms with E-state index in [0.717, 1.165) is 37.3 Å². The summed E-state index contributed by atoms with van der Waals surface area (Å²) in [4.78, 5) is 22.7. The quantitative estimate of drug-likeness (QED) is 0.832. The van der Waals surface area contributed by atoms with Crippen molar-refractivity contribution in [3.8, 4) is 11.1 Å². The molecule has 24 heavy (non-hydrogen) atoms. The highest BCUT2D eigenvalue weighted by molar-refractivity contribution is 5.94. The Morgan fingerprint density at radius 1 is 1.00 bits per heavy atom. The molecule has 0 bridgehead atoms. The van der Waals surface area contributed by atoms with Crippen molar-refractivity contribution in [2.75, 3.05) is 26.2 Å². The van der Waals surface area contributed by atoms with Gasteiger partial charge in [0, 0.05) is 31.7 Å². The van der Waals surface area contributed by atoms with Gasteiger partial charge in [-0.2, -0.15) is 0 Å². The number of nitrogens with one attached hydrogen (secondary N) is 1. The molecule has 5 heteroatoms. The van der Waals surface area contributed by atoms with E-state index >= 15 is 0 Å². The first-order chi connectivity index (χ1) is 11.7. The van der Waals surface area contributed by atoms with Crippen LogP contribution in [-0.2, 0) is 4.79 Å². The first-order valence-electron chi connectivity index (χ1n) is 7.90. The van der Waals surface area contributed by atoms with Crippen molar-refractivity contribution in [2.45, 2.75) is 6.92 Å². The molecule has 1 aliphatic rings. The van der Waals surface area contributed by atoms with Crippen molar-refractivity contribution in [3.05, 3.63) is 59.7 Å². The van der Waals surface area contributed by atoms with Crippen LogP contribution in [0.15, 0.2) is 48.5 Å². The van der Waals surface area contributed by atoms with Gasteiger partial charge < -0.3 is 15.3 Å². The minimum atomic E-state index is -0.250. The summed E-state index contributed by atoms with van der Waals surface area (Å²) in [6.45, 7) is 5.18. The molecule has 0 saturated carbocycles. The molecule has 2 aromatic rings. The first-order valence-corrected chi connectivity index (χ1v) is 7.90. The van der Waals surface area contributed by atoms with Crippen LogP contribution in [0.1, 0.15) is 15.9 Å². The number of carbonyl (C=O) groups is 2. The molecule has 0 aromatic heterocycles. The first kappa shape index (κ1) is 17.7. The largest absolute Gasteiger partial charge is 0.483 e. The molecule has 0 aliphatic carbocycles. The van der Waals surface area contributed by atoms with E-state index in [1.165, 1.54) is 11.1 Å². The Morgan fingerprint density at radius 3 is 1.96 bits per heavy atom. The van der Waals surface area contributed by atoms with E-state index in [4.69, 9.17) is 9.90 Å². The Balaban J connectivity index is 0.000000647. The number of piperazine rings is 1. The Hall–Kier alpha value is -2.66. The molecule has 0 radical (unpaired) electrons. The molecule has 1 fully saturated rings. The Morgan fingerprint density at radius 2 is 1.46 bits per heavy atom. The summed E-state index contributed by atoms with van der Waals surface area (Å²) in [5, 5.41) is 10.2. The van der Waals surface area contributed by atoms with Crippen molar-refractivity contribution in [2.24, 2.45) is 0 Å². The molecule has 1 aliphatic heterocycles. The molecular weight excluding hydrogens is 304 g/mol. The molecule has 0 atom stereocenters. The zero-order valence-corrected chi connectivity index (χ0v) is 13.7. The maximum absolute atomic E-state index is 12.4. The van der Waals surface area contributed by atoms with Gasteiger partial charge in [0.05, 0.1) is 0 Å². The van der Waals surface area contributed by atoms with Crippen molar-refractivity contribution in [1.29, 1.82) is 0 Å². The highest BCUT2D eigenvalue weighted by Crippen LogP contribution is 2.20. The Labute approximate surface area is 141 Å². The summed E-state index contributed by atoms with van der Waals surface area (Å²) in [5.41, 5.74) is 4.35. The van der Waals surface area contributed by atoms with E-state index in [1.807, 2.05) is 29.2 Å². The van der Waals surface area contributed by atoms with Gasteiger partial charge in [0.25, 0.3) is 12.4 Å². The van der Waals surface area contributed by atoms with Crippen LogP contribution in [0.25, 0.3) is 11.1 Å². The number of hydrogen-bond acceptors (Lipinski definition) is 3. The van der Waals surface area contributed by atoms with E-state index < -0.39 is 0 Å². The summed E-state index contributed by atoms with van der Waals surface area (Å²) in [5.74, 6) is 0.131. The molecular formula is C19H22N2O3. The van der Waals surface area contributed by atoms with Gasteiger partial charge in [-0.1, -0.05) is 42.0 Å². The molecule has 3 rings (SSSR count). The maximum Gasteiger partial charge on any atom is 0.290 e.